The summed E-state index contributed by atoms with van der Waals surface area (Å²) < 4.78 is 0. The van der Waals surface area contributed by atoms with Gasteiger partial charge in [0.05, 0.1) is 11.7 Å². The maximum absolute atomic E-state index is 5.08. The molecule has 0 spiro atoms. The van der Waals surface area contributed by atoms with Crippen LogP contribution in [0.25, 0.3) is 0 Å². The topological polar surface area (TPSA) is 28.2 Å². The third-order valence-corrected chi connectivity index (χ3v) is 6.66. The van der Waals surface area contributed by atoms with E-state index in [1.807, 2.05) is 11.3 Å². The first-order valence-corrected chi connectivity index (χ1v) is 9.75. The molecule has 0 aromatic carbocycles. The zero-order valence-electron chi connectivity index (χ0n) is 12.5. The molecule has 0 saturated carbocycles. The van der Waals surface area contributed by atoms with Crippen LogP contribution in [0.5, 0.6) is 0 Å². The van der Waals surface area contributed by atoms with Crippen molar-refractivity contribution in [2.24, 2.45) is 0 Å². The van der Waals surface area contributed by atoms with Crippen LogP contribution in [-0.2, 0) is 6.42 Å². The summed E-state index contributed by atoms with van der Waals surface area (Å²) in [5.41, 5.74) is 1.42. The van der Waals surface area contributed by atoms with Gasteiger partial charge in [0.15, 0.2) is 0 Å². The number of nitrogens with zero attached hydrogens (tertiary/aromatic N) is 2. The molecule has 1 N–H and O–H groups in total. The van der Waals surface area contributed by atoms with Crippen LogP contribution < -0.4 is 5.32 Å². The average molecular weight is 312 g/mol. The highest BCUT2D eigenvalue weighted by molar-refractivity contribution is 7.99. The number of fused-ring (bicyclic) bond motifs is 1. The second-order valence-corrected chi connectivity index (χ2v) is 8.09. The number of hydrogen-bond acceptors (Lipinski definition) is 5. The van der Waals surface area contributed by atoms with Crippen molar-refractivity contribution in [1.82, 2.24) is 15.2 Å². The van der Waals surface area contributed by atoms with E-state index in [0.717, 1.165) is 13.1 Å². The quantitative estimate of drug-likeness (QED) is 0.925. The Morgan fingerprint density at radius 2 is 2.35 bits per heavy atom. The molecule has 112 valence electrons. The minimum Gasteiger partial charge on any atom is -0.316 e. The fraction of sp³-hybridized carbons (Fsp3) is 0.800. The van der Waals surface area contributed by atoms with Gasteiger partial charge >= 0.3 is 0 Å². The Labute approximate surface area is 130 Å². The lowest BCUT2D eigenvalue weighted by molar-refractivity contribution is 0.273. The van der Waals surface area contributed by atoms with Crippen molar-refractivity contribution in [2.45, 2.75) is 38.1 Å². The fourth-order valence-corrected chi connectivity index (χ4v) is 5.82. The Bertz CT molecular complexity index is 446. The van der Waals surface area contributed by atoms with Gasteiger partial charge in [0.25, 0.3) is 0 Å². The Morgan fingerprint density at radius 3 is 3.15 bits per heavy atom. The Morgan fingerprint density at radius 1 is 1.45 bits per heavy atom. The molecule has 5 heteroatoms. The smallest absolute Gasteiger partial charge is 0.111 e. The molecule has 3 rings (SSSR count). The summed E-state index contributed by atoms with van der Waals surface area (Å²) in [6.45, 7) is 5.54. The van der Waals surface area contributed by atoms with Gasteiger partial charge in [-0.05, 0) is 32.9 Å². The summed E-state index contributed by atoms with van der Waals surface area (Å²) in [6.07, 6.45) is 3.89. The average Bonchev–Trinajstić information content (AvgIpc) is 2.89. The van der Waals surface area contributed by atoms with Crippen LogP contribution in [0.3, 0.4) is 0 Å². The molecule has 1 aliphatic carbocycles. The van der Waals surface area contributed by atoms with Gasteiger partial charge < -0.3 is 5.32 Å². The summed E-state index contributed by atoms with van der Waals surface area (Å²) in [5, 5.41) is 4.88. The van der Waals surface area contributed by atoms with Crippen molar-refractivity contribution >= 4 is 23.1 Å². The first-order valence-electron chi connectivity index (χ1n) is 7.77. The molecule has 2 heterocycles. The number of likely N-dealkylation sites (N-methyl/N-ethyl adjacent to an activating group) is 1. The standard InChI is InChI=1S/C15H25N3S2/c1-3-16-9-11-5-4-6-13-14(11)17-15(20-13)12-10-19-8-7-18(12)2/h11-12,16H,3-10H2,1-2H3. The van der Waals surface area contributed by atoms with E-state index in [9.17, 15) is 0 Å². The molecule has 3 nitrogen and oxygen atoms in total. The maximum atomic E-state index is 5.08. The highest BCUT2D eigenvalue weighted by Gasteiger charge is 2.29. The highest BCUT2D eigenvalue weighted by Crippen LogP contribution is 2.38. The Hall–Kier alpha value is -0.100. The maximum Gasteiger partial charge on any atom is 0.111 e. The lowest BCUT2D eigenvalue weighted by Gasteiger charge is -2.30. The summed E-state index contributed by atoms with van der Waals surface area (Å²) in [5.74, 6) is 3.12. The number of rotatable bonds is 4. The molecular formula is C15H25N3S2. The lowest BCUT2D eigenvalue weighted by atomic mass is 9.91. The minimum atomic E-state index is 0.545. The highest BCUT2D eigenvalue weighted by atomic mass is 32.2. The molecular weight excluding hydrogens is 286 g/mol. The second-order valence-electron chi connectivity index (χ2n) is 5.83. The zero-order valence-corrected chi connectivity index (χ0v) is 14.2. The van der Waals surface area contributed by atoms with Crippen molar-refractivity contribution in [1.29, 1.82) is 0 Å². The molecule has 0 amide bonds. The van der Waals surface area contributed by atoms with Crippen molar-refractivity contribution in [3.63, 3.8) is 0 Å². The number of aromatic nitrogens is 1. The molecule has 1 aliphatic heterocycles. The van der Waals surface area contributed by atoms with E-state index in [1.165, 1.54) is 48.0 Å². The summed E-state index contributed by atoms with van der Waals surface area (Å²) >= 11 is 4.06. The second kappa shape index (κ2) is 6.77. The zero-order chi connectivity index (χ0) is 13.9. The van der Waals surface area contributed by atoms with E-state index < -0.39 is 0 Å². The van der Waals surface area contributed by atoms with Gasteiger partial charge in [0.1, 0.15) is 5.01 Å². The van der Waals surface area contributed by atoms with Crippen molar-refractivity contribution in [3.8, 4) is 0 Å². The SMILES string of the molecule is CCNCC1CCCc2sc(C3CSCCN3C)nc21. The fourth-order valence-electron chi connectivity index (χ4n) is 3.13. The molecule has 2 atom stereocenters. The summed E-state index contributed by atoms with van der Waals surface area (Å²) in [6, 6.07) is 0.545. The van der Waals surface area contributed by atoms with Crippen LogP contribution >= 0.6 is 23.1 Å². The predicted octanol–water partition coefficient (Wildman–Crippen LogP) is 2.89. The van der Waals surface area contributed by atoms with Crippen LogP contribution in [0.4, 0.5) is 0 Å². The number of nitrogens with one attached hydrogen (secondary N) is 1. The van der Waals surface area contributed by atoms with Gasteiger partial charge in [0, 0.05) is 35.4 Å². The number of thioether (sulfide) groups is 1. The molecule has 1 aromatic rings. The van der Waals surface area contributed by atoms with E-state index >= 15 is 0 Å². The first kappa shape index (κ1) is 14.8. The van der Waals surface area contributed by atoms with E-state index in [2.05, 4.69) is 35.9 Å². The predicted molar refractivity (Wildman–Crippen MR) is 89.0 cm³/mol. The van der Waals surface area contributed by atoms with Crippen LogP contribution in [0.15, 0.2) is 0 Å². The van der Waals surface area contributed by atoms with E-state index in [-0.39, 0.29) is 0 Å². The molecule has 0 bridgehead atoms. The van der Waals surface area contributed by atoms with E-state index in [4.69, 9.17) is 4.98 Å². The van der Waals surface area contributed by atoms with Gasteiger partial charge in [-0.1, -0.05) is 6.92 Å². The van der Waals surface area contributed by atoms with E-state index in [0.29, 0.717) is 12.0 Å². The van der Waals surface area contributed by atoms with Crippen LogP contribution in [-0.4, -0.2) is 48.1 Å². The van der Waals surface area contributed by atoms with Gasteiger partial charge in [-0.15, -0.1) is 11.3 Å². The van der Waals surface area contributed by atoms with Crippen LogP contribution in [0.1, 0.15) is 47.3 Å². The normalized spacial score (nSPS) is 27.5. The van der Waals surface area contributed by atoms with Gasteiger partial charge in [-0.3, -0.25) is 4.90 Å². The van der Waals surface area contributed by atoms with E-state index in [1.54, 1.807) is 4.88 Å². The van der Waals surface area contributed by atoms with Crippen molar-refractivity contribution in [3.05, 3.63) is 15.6 Å². The number of thiazole rings is 1. The van der Waals surface area contributed by atoms with Gasteiger partial charge in [-0.2, -0.15) is 11.8 Å². The lowest BCUT2D eigenvalue weighted by Crippen LogP contribution is -2.32. The number of aryl methyl sites for hydroxylation is 1. The van der Waals surface area contributed by atoms with Gasteiger partial charge in [-0.25, -0.2) is 4.98 Å². The molecule has 2 aliphatic rings. The third kappa shape index (κ3) is 3.06. The Balaban J connectivity index is 1.79. The molecule has 1 aromatic heterocycles. The van der Waals surface area contributed by atoms with Crippen LogP contribution in [0, 0.1) is 0 Å². The monoisotopic (exact) mass is 311 g/mol. The van der Waals surface area contributed by atoms with Crippen molar-refractivity contribution < 1.29 is 0 Å². The minimum absolute atomic E-state index is 0.545. The summed E-state index contributed by atoms with van der Waals surface area (Å²) in [4.78, 5) is 9.14. The molecule has 0 radical (unpaired) electrons. The Kier molecular flexibility index (Phi) is 5.02. The van der Waals surface area contributed by atoms with Crippen LogP contribution in [0.2, 0.25) is 0 Å². The summed E-state index contributed by atoms with van der Waals surface area (Å²) in [7, 11) is 2.25. The van der Waals surface area contributed by atoms with Crippen molar-refractivity contribution in [2.75, 3.05) is 38.2 Å². The molecule has 1 fully saturated rings. The largest absolute Gasteiger partial charge is 0.316 e. The molecule has 2 unspecified atom stereocenters. The molecule has 20 heavy (non-hydrogen) atoms. The van der Waals surface area contributed by atoms with Gasteiger partial charge in [0.2, 0.25) is 0 Å². The first-order chi connectivity index (χ1) is 9.79. The molecule has 1 saturated heterocycles. The third-order valence-electron chi connectivity index (χ3n) is 4.41. The number of hydrogen-bond donors (Lipinski definition) is 1.